The van der Waals surface area contributed by atoms with E-state index in [1.54, 1.807) is 24.9 Å². The molecule has 3 aromatic heterocycles. The van der Waals surface area contributed by atoms with Crippen molar-refractivity contribution in [2.45, 2.75) is 25.9 Å². The lowest BCUT2D eigenvalue weighted by Crippen LogP contribution is -2.33. The molecule has 0 saturated heterocycles. The molecule has 168 valence electrons. The molecule has 1 aliphatic rings. The first-order valence-corrected chi connectivity index (χ1v) is 9.55. The largest absolute Gasteiger partial charge is 0.490 e. The van der Waals surface area contributed by atoms with Gasteiger partial charge in [0, 0.05) is 48.7 Å². The summed E-state index contributed by atoms with van der Waals surface area (Å²) in [5, 5.41) is 7.12. The number of amides is 1. The molecule has 0 spiro atoms. The molecule has 0 bridgehead atoms. The molecule has 0 aromatic carbocycles. The number of rotatable bonds is 2. The van der Waals surface area contributed by atoms with Gasteiger partial charge in [0.1, 0.15) is 12.1 Å². The summed E-state index contributed by atoms with van der Waals surface area (Å²) in [6, 6.07) is 5.63. The number of halogens is 3. The van der Waals surface area contributed by atoms with Crippen molar-refractivity contribution >= 4 is 11.9 Å². The van der Waals surface area contributed by atoms with Crippen LogP contribution in [0, 0.1) is 6.92 Å². The van der Waals surface area contributed by atoms with Crippen LogP contribution < -0.4 is 0 Å². The van der Waals surface area contributed by atoms with E-state index in [-0.39, 0.29) is 5.91 Å². The number of furan rings is 1. The number of hydrogen-bond donors (Lipinski definition) is 1. The van der Waals surface area contributed by atoms with Crippen LogP contribution in [0.15, 0.2) is 47.6 Å². The maximum atomic E-state index is 12.8. The average molecular weight is 448 g/mol. The van der Waals surface area contributed by atoms with E-state index >= 15 is 0 Å². The van der Waals surface area contributed by atoms with Crippen LogP contribution in [0.2, 0.25) is 0 Å². The lowest BCUT2D eigenvalue weighted by molar-refractivity contribution is -0.192. The number of hydrogen-bond acceptors (Lipinski definition) is 6. The van der Waals surface area contributed by atoms with Crippen LogP contribution in [0.5, 0.6) is 0 Å². The van der Waals surface area contributed by atoms with E-state index in [0.29, 0.717) is 30.8 Å². The highest BCUT2D eigenvalue weighted by atomic mass is 19.4. The molecule has 0 atom stereocenters. The number of aryl methyl sites for hydroxylation is 1. The van der Waals surface area contributed by atoms with Crippen molar-refractivity contribution in [3.8, 4) is 11.3 Å². The minimum absolute atomic E-state index is 0.00921. The van der Waals surface area contributed by atoms with Crippen LogP contribution in [0.25, 0.3) is 11.3 Å². The Labute approximate surface area is 180 Å². The number of aliphatic carboxylic acids is 1. The number of carboxylic acids is 1. The van der Waals surface area contributed by atoms with Gasteiger partial charge in [-0.3, -0.25) is 9.78 Å². The van der Waals surface area contributed by atoms with Crippen molar-refractivity contribution in [2.75, 3.05) is 13.1 Å². The summed E-state index contributed by atoms with van der Waals surface area (Å²) in [4.78, 5) is 36.6. The quantitative estimate of drug-likeness (QED) is 0.641. The fourth-order valence-electron chi connectivity index (χ4n) is 3.26. The molecular weight excluding hydrogens is 429 g/mol. The fourth-order valence-corrected chi connectivity index (χ4v) is 3.26. The zero-order chi connectivity index (χ0) is 23.3. The summed E-state index contributed by atoms with van der Waals surface area (Å²) >= 11 is 0. The third-order valence-corrected chi connectivity index (χ3v) is 4.84. The molecule has 11 heteroatoms. The van der Waals surface area contributed by atoms with Crippen LogP contribution in [0.4, 0.5) is 13.2 Å². The standard InChI is InChI=1S/C19H18N4O2.C2HF3O2/c1-13-15(6-10-25-13)19(24)23-8-4-16-17(5-9-23)21-12-22-18(16)14-3-2-7-20-11-14;3-2(4,5)1(6)7/h2-3,6-7,10-12H,4-5,8-9H2,1H3;(H,6,7). The summed E-state index contributed by atoms with van der Waals surface area (Å²) < 4.78 is 37.0. The number of aromatic nitrogens is 3. The number of alkyl halides is 3. The summed E-state index contributed by atoms with van der Waals surface area (Å²) in [5.74, 6) is -2.09. The van der Waals surface area contributed by atoms with Gasteiger partial charge in [0.25, 0.3) is 5.91 Å². The second-order valence-electron chi connectivity index (χ2n) is 6.87. The molecule has 8 nitrogen and oxygen atoms in total. The predicted molar refractivity (Wildman–Crippen MR) is 106 cm³/mol. The van der Waals surface area contributed by atoms with Gasteiger partial charge < -0.3 is 14.4 Å². The van der Waals surface area contributed by atoms with Gasteiger partial charge in [-0.15, -0.1) is 0 Å². The zero-order valence-corrected chi connectivity index (χ0v) is 17.0. The van der Waals surface area contributed by atoms with Gasteiger partial charge in [-0.05, 0) is 31.5 Å². The molecule has 1 N–H and O–H groups in total. The molecule has 0 aliphatic carbocycles. The third kappa shape index (κ3) is 5.29. The number of pyridine rings is 1. The number of carbonyl (C=O) groups excluding carboxylic acids is 1. The second kappa shape index (κ2) is 9.58. The number of nitrogens with zero attached hydrogens (tertiary/aromatic N) is 4. The zero-order valence-electron chi connectivity index (χ0n) is 17.0. The van der Waals surface area contributed by atoms with E-state index in [2.05, 4.69) is 15.0 Å². The lowest BCUT2D eigenvalue weighted by atomic mass is 10.0. The van der Waals surface area contributed by atoms with Crippen LogP contribution in [0.3, 0.4) is 0 Å². The van der Waals surface area contributed by atoms with Crippen LogP contribution in [0.1, 0.15) is 27.4 Å². The highest BCUT2D eigenvalue weighted by molar-refractivity contribution is 5.95. The molecule has 0 saturated carbocycles. The van der Waals surface area contributed by atoms with E-state index in [9.17, 15) is 18.0 Å². The molecule has 0 fully saturated rings. The van der Waals surface area contributed by atoms with Crippen LogP contribution in [-0.2, 0) is 17.6 Å². The summed E-state index contributed by atoms with van der Waals surface area (Å²) in [7, 11) is 0. The van der Waals surface area contributed by atoms with E-state index in [0.717, 1.165) is 28.9 Å². The number of carboxylic acid groups (broad SMARTS) is 1. The monoisotopic (exact) mass is 448 g/mol. The van der Waals surface area contributed by atoms with Gasteiger partial charge in [-0.25, -0.2) is 14.8 Å². The molecule has 4 heterocycles. The average Bonchev–Trinajstić information content (AvgIpc) is 3.07. The van der Waals surface area contributed by atoms with E-state index < -0.39 is 12.1 Å². The van der Waals surface area contributed by atoms with Gasteiger partial charge in [-0.1, -0.05) is 0 Å². The van der Waals surface area contributed by atoms with Crippen molar-refractivity contribution < 1.29 is 32.3 Å². The summed E-state index contributed by atoms with van der Waals surface area (Å²) in [6.07, 6.45) is 3.07. The maximum absolute atomic E-state index is 12.8. The van der Waals surface area contributed by atoms with Crippen molar-refractivity contribution in [3.63, 3.8) is 0 Å². The Hall–Kier alpha value is -3.76. The molecule has 1 aliphatic heterocycles. The fraction of sp³-hybridized carbons (Fsp3) is 0.286. The van der Waals surface area contributed by atoms with Crippen molar-refractivity contribution in [1.29, 1.82) is 0 Å². The second-order valence-corrected chi connectivity index (χ2v) is 6.87. The molecule has 4 rings (SSSR count). The van der Waals surface area contributed by atoms with Crippen molar-refractivity contribution in [3.05, 3.63) is 65.8 Å². The van der Waals surface area contributed by atoms with Gasteiger partial charge in [0.2, 0.25) is 0 Å². The Morgan fingerprint density at radius 3 is 2.47 bits per heavy atom. The Morgan fingerprint density at radius 2 is 1.88 bits per heavy atom. The first kappa shape index (κ1) is 22.9. The third-order valence-electron chi connectivity index (χ3n) is 4.84. The van der Waals surface area contributed by atoms with Crippen molar-refractivity contribution in [2.24, 2.45) is 0 Å². The minimum atomic E-state index is -5.08. The molecule has 3 aromatic rings. The SMILES string of the molecule is Cc1occc1C(=O)N1CCc2ncnc(-c3cccnc3)c2CC1.O=C(O)C(F)(F)F. The van der Waals surface area contributed by atoms with E-state index in [1.165, 1.54) is 0 Å². The molecule has 0 unspecified atom stereocenters. The number of carbonyl (C=O) groups is 2. The molecule has 32 heavy (non-hydrogen) atoms. The van der Waals surface area contributed by atoms with Crippen LogP contribution >= 0.6 is 0 Å². The first-order chi connectivity index (χ1) is 15.2. The summed E-state index contributed by atoms with van der Waals surface area (Å²) in [5.41, 5.74) is 4.63. The Morgan fingerprint density at radius 1 is 1.16 bits per heavy atom. The number of fused-ring (bicyclic) bond motifs is 1. The predicted octanol–water partition coefficient (Wildman–Crippen LogP) is 3.31. The van der Waals surface area contributed by atoms with Gasteiger partial charge in [-0.2, -0.15) is 13.2 Å². The smallest absolute Gasteiger partial charge is 0.475 e. The van der Waals surface area contributed by atoms with Gasteiger partial charge in [0.05, 0.1) is 17.5 Å². The summed E-state index contributed by atoms with van der Waals surface area (Å²) in [6.45, 7) is 3.09. The first-order valence-electron chi connectivity index (χ1n) is 9.55. The van der Waals surface area contributed by atoms with Crippen molar-refractivity contribution in [1.82, 2.24) is 19.9 Å². The van der Waals surface area contributed by atoms with Crippen LogP contribution in [-0.4, -0.2) is 56.1 Å². The Kier molecular flexibility index (Phi) is 6.86. The Balaban J connectivity index is 0.000000360. The lowest BCUT2D eigenvalue weighted by Gasteiger charge is -2.19. The highest BCUT2D eigenvalue weighted by Gasteiger charge is 2.38. The molecule has 1 amide bonds. The Bertz CT molecular complexity index is 1100. The molecule has 0 radical (unpaired) electrons. The topological polar surface area (TPSA) is 109 Å². The van der Waals surface area contributed by atoms with Gasteiger partial charge >= 0.3 is 12.1 Å². The highest BCUT2D eigenvalue weighted by Crippen LogP contribution is 2.26. The van der Waals surface area contributed by atoms with Gasteiger partial charge in [0.15, 0.2) is 0 Å². The van der Waals surface area contributed by atoms with E-state index in [1.807, 2.05) is 30.2 Å². The maximum Gasteiger partial charge on any atom is 0.490 e. The normalized spacial score (nSPS) is 13.4. The van der Waals surface area contributed by atoms with E-state index in [4.69, 9.17) is 14.3 Å². The molecular formula is C21H19F3N4O4. The minimum Gasteiger partial charge on any atom is -0.475 e.